The Morgan fingerprint density at radius 2 is 2.19 bits per heavy atom. The number of pyridine rings is 1. The molecule has 4 nitrogen and oxygen atoms in total. The maximum atomic E-state index is 4.21. The van der Waals surface area contributed by atoms with E-state index in [1.54, 1.807) is 0 Å². The molecule has 0 saturated heterocycles. The van der Waals surface area contributed by atoms with Crippen molar-refractivity contribution in [2.45, 2.75) is 26.3 Å². The zero-order valence-electron chi connectivity index (χ0n) is 12.2. The Morgan fingerprint density at radius 1 is 1.29 bits per heavy atom. The second-order valence-electron chi connectivity index (χ2n) is 5.05. The third kappa shape index (κ3) is 2.80. The largest absolute Gasteiger partial charge is 0.305 e. The molecular formula is C16H18N4S. The molecule has 108 valence electrons. The molecule has 1 atom stereocenters. The Hall–Kier alpha value is -1.85. The Bertz CT molecular complexity index is 732. The topological polar surface area (TPSA) is 50.7 Å². The number of hydrogen-bond acceptors (Lipinski definition) is 5. The highest BCUT2D eigenvalue weighted by Crippen LogP contribution is 2.31. The summed E-state index contributed by atoms with van der Waals surface area (Å²) in [5.74, 6) is 0. The smallest absolute Gasteiger partial charge is 0.0776 e. The van der Waals surface area contributed by atoms with Crippen LogP contribution in [0.15, 0.2) is 36.7 Å². The number of hydrogen-bond donors (Lipinski definition) is 1. The summed E-state index contributed by atoms with van der Waals surface area (Å²) in [5, 5.41) is 10.2. The fourth-order valence-electron chi connectivity index (χ4n) is 2.53. The minimum atomic E-state index is 0.135. The molecule has 0 aliphatic rings. The average Bonchev–Trinajstić information content (AvgIpc) is 2.94. The summed E-state index contributed by atoms with van der Waals surface area (Å²) in [6, 6.07) is 8.57. The van der Waals surface area contributed by atoms with Crippen molar-refractivity contribution in [3.05, 3.63) is 52.8 Å². The van der Waals surface area contributed by atoms with E-state index in [0.29, 0.717) is 0 Å². The van der Waals surface area contributed by atoms with Crippen LogP contribution in [0.1, 0.15) is 35.5 Å². The van der Waals surface area contributed by atoms with Gasteiger partial charge in [-0.1, -0.05) is 29.6 Å². The zero-order valence-corrected chi connectivity index (χ0v) is 13.0. The van der Waals surface area contributed by atoms with Crippen LogP contribution in [0, 0.1) is 6.92 Å². The van der Waals surface area contributed by atoms with Crippen LogP contribution >= 0.6 is 11.5 Å². The molecule has 0 spiro atoms. The molecule has 3 rings (SSSR count). The molecule has 2 aromatic heterocycles. The van der Waals surface area contributed by atoms with Gasteiger partial charge in [-0.2, -0.15) is 0 Å². The van der Waals surface area contributed by atoms with Gasteiger partial charge in [0.15, 0.2) is 0 Å². The van der Waals surface area contributed by atoms with Crippen LogP contribution in [0.3, 0.4) is 0 Å². The summed E-state index contributed by atoms with van der Waals surface area (Å²) in [5.41, 5.74) is 2.26. The van der Waals surface area contributed by atoms with E-state index in [1.807, 2.05) is 19.3 Å². The molecule has 3 aromatic rings. The van der Waals surface area contributed by atoms with Crippen LogP contribution in [-0.2, 0) is 0 Å². The van der Waals surface area contributed by atoms with Gasteiger partial charge in [-0.05, 0) is 48.4 Å². The monoisotopic (exact) mass is 298 g/mol. The lowest BCUT2D eigenvalue weighted by Gasteiger charge is -2.19. The Kier molecular flexibility index (Phi) is 4.22. The Morgan fingerprint density at radius 3 is 2.95 bits per heavy atom. The van der Waals surface area contributed by atoms with E-state index in [9.17, 15) is 0 Å². The molecule has 1 N–H and O–H groups in total. The van der Waals surface area contributed by atoms with E-state index >= 15 is 0 Å². The van der Waals surface area contributed by atoms with Crippen molar-refractivity contribution in [3.63, 3.8) is 0 Å². The summed E-state index contributed by atoms with van der Waals surface area (Å²) in [6.45, 7) is 5.16. The van der Waals surface area contributed by atoms with Crippen molar-refractivity contribution in [2.75, 3.05) is 6.54 Å². The van der Waals surface area contributed by atoms with Crippen LogP contribution in [-0.4, -0.2) is 21.1 Å². The minimum Gasteiger partial charge on any atom is -0.305 e. The summed E-state index contributed by atoms with van der Waals surface area (Å²) in [4.78, 5) is 5.40. The van der Waals surface area contributed by atoms with Crippen LogP contribution in [0.5, 0.6) is 0 Å². The molecule has 5 heteroatoms. The van der Waals surface area contributed by atoms with Crippen LogP contribution < -0.4 is 5.32 Å². The number of fused-ring (bicyclic) bond motifs is 1. The van der Waals surface area contributed by atoms with E-state index in [0.717, 1.165) is 24.0 Å². The van der Waals surface area contributed by atoms with Gasteiger partial charge in [-0.15, -0.1) is 5.10 Å². The number of aryl methyl sites for hydroxylation is 1. The molecule has 21 heavy (non-hydrogen) atoms. The van der Waals surface area contributed by atoms with Gasteiger partial charge in [0.1, 0.15) is 0 Å². The van der Waals surface area contributed by atoms with Crippen LogP contribution in [0.4, 0.5) is 0 Å². The van der Waals surface area contributed by atoms with Crippen molar-refractivity contribution in [3.8, 4) is 0 Å². The zero-order chi connectivity index (χ0) is 14.7. The van der Waals surface area contributed by atoms with Gasteiger partial charge in [0.05, 0.1) is 16.6 Å². The van der Waals surface area contributed by atoms with Crippen LogP contribution in [0.25, 0.3) is 10.8 Å². The average molecular weight is 298 g/mol. The highest BCUT2D eigenvalue weighted by atomic mass is 32.1. The van der Waals surface area contributed by atoms with Gasteiger partial charge in [0, 0.05) is 17.8 Å². The molecule has 1 unspecified atom stereocenters. The van der Waals surface area contributed by atoms with Gasteiger partial charge >= 0.3 is 0 Å². The van der Waals surface area contributed by atoms with E-state index in [1.165, 1.54) is 27.4 Å². The molecule has 0 fully saturated rings. The number of nitrogens with zero attached hydrogens (tertiary/aromatic N) is 3. The van der Waals surface area contributed by atoms with E-state index in [2.05, 4.69) is 51.1 Å². The maximum absolute atomic E-state index is 4.21. The molecular weight excluding hydrogens is 280 g/mol. The molecule has 1 aromatic carbocycles. The molecule has 2 heterocycles. The standard InChI is InChI=1S/C16H18N4S/c1-3-8-18-15(16-11(2)19-20-21-16)14-6-4-5-12-10-17-9-7-13(12)14/h4-7,9-10,15,18H,3,8H2,1-2H3. The summed E-state index contributed by atoms with van der Waals surface area (Å²) < 4.78 is 4.10. The minimum absolute atomic E-state index is 0.135. The lowest BCUT2D eigenvalue weighted by Crippen LogP contribution is -2.23. The quantitative estimate of drug-likeness (QED) is 0.783. The van der Waals surface area contributed by atoms with Crippen molar-refractivity contribution in [1.82, 2.24) is 19.9 Å². The number of nitrogens with one attached hydrogen (secondary N) is 1. The second kappa shape index (κ2) is 6.28. The summed E-state index contributed by atoms with van der Waals surface area (Å²) >= 11 is 1.47. The number of aromatic nitrogens is 3. The maximum Gasteiger partial charge on any atom is 0.0776 e. The normalized spacial score (nSPS) is 12.7. The molecule has 0 radical (unpaired) electrons. The third-order valence-corrected chi connectivity index (χ3v) is 4.46. The lowest BCUT2D eigenvalue weighted by molar-refractivity contribution is 0.605. The fraction of sp³-hybridized carbons (Fsp3) is 0.312. The first kappa shape index (κ1) is 14.1. The fourth-order valence-corrected chi connectivity index (χ4v) is 3.27. The summed E-state index contributed by atoms with van der Waals surface area (Å²) in [6.07, 6.45) is 4.85. The number of benzene rings is 1. The third-order valence-electron chi connectivity index (χ3n) is 3.57. The van der Waals surface area contributed by atoms with Crippen molar-refractivity contribution < 1.29 is 0 Å². The van der Waals surface area contributed by atoms with Gasteiger partial charge in [-0.3, -0.25) is 4.98 Å². The highest BCUT2D eigenvalue weighted by Gasteiger charge is 2.20. The van der Waals surface area contributed by atoms with E-state index in [-0.39, 0.29) is 6.04 Å². The molecule has 0 aliphatic carbocycles. The lowest BCUT2D eigenvalue weighted by atomic mass is 9.98. The van der Waals surface area contributed by atoms with Gasteiger partial charge in [-0.25, -0.2) is 0 Å². The summed E-state index contributed by atoms with van der Waals surface area (Å²) in [7, 11) is 0. The Balaban J connectivity index is 2.12. The van der Waals surface area contributed by atoms with Gasteiger partial charge in [0.25, 0.3) is 0 Å². The first-order valence-corrected chi connectivity index (χ1v) is 7.93. The molecule has 0 aliphatic heterocycles. The second-order valence-corrected chi connectivity index (χ2v) is 5.84. The van der Waals surface area contributed by atoms with Crippen LogP contribution in [0.2, 0.25) is 0 Å². The first-order chi connectivity index (χ1) is 10.3. The van der Waals surface area contributed by atoms with Gasteiger partial charge < -0.3 is 5.32 Å². The van der Waals surface area contributed by atoms with Gasteiger partial charge in [0.2, 0.25) is 0 Å². The number of rotatable bonds is 5. The Labute approximate surface area is 128 Å². The predicted octanol–water partition coefficient (Wildman–Crippen LogP) is 3.48. The predicted molar refractivity (Wildman–Crippen MR) is 86.5 cm³/mol. The van der Waals surface area contributed by atoms with Crippen molar-refractivity contribution in [1.29, 1.82) is 0 Å². The molecule has 0 bridgehead atoms. The highest BCUT2D eigenvalue weighted by molar-refractivity contribution is 7.05. The van der Waals surface area contributed by atoms with Crippen molar-refractivity contribution >= 4 is 22.3 Å². The first-order valence-electron chi connectivity index (χ1n) is 7.16. The molecule has 0 amide bonds. The molecule has 0 saturated carbocycles. The SMILES string of the molecule is CCCNC(c1snnc1C)c1cccc2cnccc12. The van der Waals surface area contributed by atoms with Crippen molar-refractivity contribution in [2.24, 2.45) is 0 Å². The van der Waals surface area contributed by atoms with E-state index < -0.39 is 0 Å². The van der Waals surface area contributed by atoms with E-state index in [4.69, 9.17) is 0 Å².